The third-order valence-electron chi connectivity index (χ3n) is 5.09. The average molecular weight is 364 g/mol. The Bertz CT molecular complexity index is 997. The van der Waals surface area contributed by atoms with Crippen LogP contribution in [0.3, 0.4) is 0 Å². The summed E-state index contributed by atoms with van der Waals surface area (Å²) in [4.78, 5) is 19.8. The number of hydrogen-bond acceptors (Lipinski definition) is 5. The Morgan fingerprint density at radius 1 is 1.19 bits per heavy atom. The number of ether oxygens (including phenoxy) is 1. The van der Waals surface area contributed by atoms with Crippen LogP contribution in [-0.4, -0.2) is 34.6 Å². The minimum atomic E-state index is -0.0176. The summed E-state index contributed by atoms with van der Waals surface area (Å²) in [6, 6.07) is 12.6. The molecule has 1 fully saturated rings. The molecule has 2 N–H and O–H groups in total. The molecule has 1 aromatic heterocycles. The summed E-state index contributed by atoms with van der Waals surface area (Å²) in [7, 11) is 2.13. The second-order valence-electron chi connectivity index (χ2n) is 7.32. The van der Waals surface area contributed by atoms with E-state index in [1.54, 1.807) is 41.2 Å². The first-order valence-electron chi connectivity index (χ1n) is 9.29. The summed E-state index contributed by atoms with van der Waals surface area (Å²) in [5.74, 6) is 1.77. The van der Waals surface area contributed by atoms with Crippen molar-refractivity contribution in [3.63, 3.8) is 0 Å². The number of nitrogens with two attached hydrogens (primary N) is 1. The van der Waals surface area contributed by atoms with Gasteiger partial charge in [-0.15, -0.1) is 0 Å². The van der Waals surface area contributed by atoms with Gasteiger partial charge in [0.25, 0.3) is 5.56 Å². The van der Waals surface area contributed by atoms with Gasteiger partial charge in [-0.05, 0) is 74.8 Å². The number of nitrogens with zero attached hydrogens (tertiary/aromatic N) is 3. The normalized spacial score (nSPS) is 17.9. The van der Waals surface area contributed by atoms with Gasteiger partial charge in [-0.2, -0.15) is 0 Å². The molecule has 4 rings (SSSR count). The topological polar surface area (TPSA) is 73.4 Å². The number of fused-ring (bicyclic) bond motifs is 1. The van der Waals surface area contributed by atoms with Gasteiger partial charge in [-0.25, -0.2) is 4.98 Å². The van der Waals surface area contributed by atoms with E-state index in [1.165, 1.54) is 6.42 Å². The summed E-state index contributed by atoms with van der Waals surface area (Å²) in [5, 5.41) is 0.578. The minimum Gasteiger partial charge on any atom is -0.457 e. The zero-order chi connectivity index (χ0) is 18.8. The smallest absolute Gasteiger partial charge is 0.261 e. The lowest BCUT2D eigenvalue weighted by atomic mass is 9.98. The van der Waals surface area contributed by atoms with E-state index in [-0.39, 0.29) is 5.56 Å². The third-order valence-corrected chi connectivity index (χ3v) is 5.09. The molecular weight excluding hydrogens is 340 g/mol. The van der Waals surface area contributed by atoms with E-state index in [4.69, 9.17) is 10.5 Å². The largest absolute Gasteiger partial charge is 0.457 e. The van der Waals surface area contributed by atoms with E-state index < -0.39 is 0 Å². The van der Waals surface area contributed by atoms with Crippen molar-refractivity contribution in [3.05, 3.63) is 59.1 Å². The molecule has 3 aromatic rings. The van der Waals surface area contributed by atoms with Crippen LogP contribution in [0.2, 0.25) is 0 Å². The number of nitrogen functional groups attached to an aromatic ring is 1. The predicted octanol–water partition coefficient (Wildman–Crippen LogP) is 3.11. The van der Waals surface area contributed by atoms with Crippen LogP contribution >= 0.6 is 0 Å². The quantitative estimate of drug-likeness (QED) is 0.720. The first-order chi connectivity index (χ1) is 13.1. The van der Waals surface area contributed by atoms with Crippen molar-refractivity contribution >= 4 is 16.6 Å². The third kappa shape index (κ3) is 3.95. The van der Waals surface area contributed by atoms with Crippen LogP contribution in [-0.2, 0) is 6.54 Å². The van der Waals surface area contributed by atoms with Gasteiger partial charge in [0.15, 0.2) is 0 Å². The van der Waals surface area contributed by atoms with E-state index in [0.29, 0.717) is 40.6 Å². The van der Waals surface area contributed by atoms with Crippen LogP contribution in [0.1, 0.15) is 12.8 Å². The number of rotatable bonds is 4. The molecule has 0 spiro atoms. The molecule has 0 radical (unpaired) electrons. The van der Waals surface area contributed by atoms with Crippen molar-refractivity contribution < 1.29 is 4.74 Å². The first-order valence-corrected chi connectivity index (χ1v) is 9.29. The van der Waals surface area contributed by atoms with Gasteiger partial charge < -0.3 is 15.4 Å². The molecular formula is C21H24N4O2. The fourth-order valence-electron chi connectivity index (χ4n) is 3.70. The van der Waals surface area contributed by atoms with E-state index in [0.717, 1.165) is 19.5 Å². The Morgan fingerprint density at radius 2 is 1.96 bits per heavy atom. The Kier molecular flexibility index (Phi) is 4.81. The van der Waals surface area contributed by atoms with Gasteiger partial charge >= 0.3 is 0 Å². The van der Waals surface area contributed by atoms with Gasteiger partial charge in [-0.3, -0.25) is 9.36 Å². The van der Waals surface area contributed by atoms with Gasteiger partial charge in [0.05, 0.1) is 17.2 Å². The van der Waals surface area contributed by atoms with E-state index in [1.807, 2.05) is 12.1 Å². The maximum absolute atomic E-state index is 13.0. The second kappa shape index (κ2) is 7.40. The number of hydrogen-bond donors (Lipinski definition) is 1. The maximum atomic E-state index is 13.0. The minimum absolute atomic E-state index is 0.0176. The monoisotopic (exact) mass is 364 g/mol. The lowest BCUT2D eigenvalue weighted by Gasteiger charge is -2.29. The number of aromatic nitrogens is 2. The Balaban J connectivity index is 1.60. The van der Waals surface area contributed by atoms with Crippen molar-refractivity contribution in [2.24, 2.45) is 5.92 Å². The molecule has 1 aliphatic heterocycles. The highest BCUT2D eigenvalue weighted by atomic mass is 16.5. The fraction of sp³-hybridized carbons (Fsp3) is 0.333. The van der Waals surface area contributed by atoms with E-state index >= 15 is 0 Å². The molecule has 140 valence electrons. The molecule has 6 nitrogen and oxygen atoms in total. The van der Waals surface area contributed by atoms with Gasteiger partial charge in [0, 0.05) is 18.8 Å². The number of piperidine rings is 1. The molecule has 6 heteroatoms. The second-order valence-corrected chi connectivity index (χ2v) is 7.32. The van der Waals surface area contributed by atoms with Crippen molar-refractivity contribution in [2.75, 3.05) is 25.9 Å². The van der Waals surface area contributed by atoms with Crippen LogP contribution in [0, 0.1) is 5.92 Å². The van der Waals surface area contributed by atoms with Crippen molar-refractivity contribution in [3.8, 4) is 11.5 Å². The summed E-state index contributed by atoms with van der Waals surface area (Å²) in [6.07, 6.45) is 3.99. The molecule has 2 aromatic carbocycles. The highest BCUT2D eigenvalue weighted by Gasteiger charge is 2.18. The zero-order valence-corrected chi connectivity index (χ0v) is 15.5. The van der Waals surface area contributed by atoms with Gasteiger partial charge in [-0.1, -0.05) is 0 Å². The number of likely N-dealkylation sites (tertiary alicyclic amines) is 1. The van der Waals surface area contributed by atoms with Crippen LogP contribution in [0.4, 0.5) is 5.69 Å². The van der Waals surface area contributed by atoms with E-state index in [9.17, 15) is 4.79 Å². The van der Waals surface area contributed by atoms with E-state index in [2.05, 4.69) is 16.9 Å². The average Bonchev–Trinajstić information content (AvgIpc) is 2.66. The van der Waals surface area contributed by atoms with Gasteiger partial charge in [0.2, 0.25) is 0 Å². The molecule has 0 unspecified atom stereocenters. The summed E-state index contributed by atoms with van der Waals surface area (Å²) < 4.78 is 7.60. The van der Waals surface area contributed by atoms with Crippen molar-refractivity contribution in [2.45, 2.75) is 19.4 Å². The standard InChI is InChI=1S/C21H24N4O2/c1-24-10-2-3-15(12-24)13-25-14-23-20-9-8-18(11-19(20)21(25)26)27-17-6-4-16(22)5-7-17/h4-9,11,14-15H,2-3,10,12-13,22H2,1H3/t15-/m0/s1. The highest BCUT2D eigenvalue weighted by molar-refractivity contribution is 5.79. The number of benzene rings is 2. The van der Waals surface area contributed by atoms with Crippen molar-refractivity contribution in [1.29, 1.82) is 0 Å². The lowest BCUT2D eigenvalue weighted by molar-refractivity contribution is 0.193. The molecule has 0 saturated carbocycles. The number of anilines is 1. The molecule has 0 aliphatic carbocycles. The molecule has 0 bridgehead atoms. The highest BCUT2D eigenvalue weighted by Crippen LogP contribution is 2.24. The Hall–Kier alpha value is -2.86. The summed E-state index contributed by atoms with van der Waals surface area (Å²) >= 11 is 0. The SMILES string of the molecule is CN1CCC[C@H](Cn2cnc3ccc(Oc4ccc(N)cc4)cc3c2=O)C1. The summed E-state index contributed by atoms with van der Waals surface area (Å²) in [6.45, 7) is 2.85. The van der Waals surface area contributed by atoms with Crippen LogP contribution in [0.15, 0.2) is 53.6 Å². The Labute approximate surface area is 158 Å². The molecule has 1 atom stereocenters. The summed E-state index contributed by atoms with van der Waals surface area (Å²) in [5.41, 5.74) is 7.05. The van der Waals surface area contributed by atoms with Crippen LogP contribution in [0.5, 0.6) is 11.5 Å². The van der Waals surface area contributed by atoms with Crippen LogP contribution in [0.25, 0.3) is 10.9 Å². The molecule has 27 heavy (non-hydrogen) atoms. The fourth-order valence-corrected chi connectivity index (χ4v) is 3.70. The van der Waals surface area contributed by atoms with Gasteiger partial charge in [0.1, 0.15) is 11.5 Å². The zero-order valence-electron chi connectivity index (χ0n) is 15.5. The molecule has 2 heterocycles. The maximum Gasteiger partial charge on any atom is 0.261 e. The van der Waals surface area contributed by atoms with Crippen molar-refractivity contribution in [1.82, 2.24) is 14.5 Å². The lowest BCUT2D eigenvalue weighted by Crippen LogP contribution is -2.36. The first kappa shape index (κ1) is 17.5. The molecule has 0 amide bonds. The predicted molar refractivity (Wildman–Crippen MR) is 107 cm³/mol. The Morgan fingerprint density at radius 3 is 2.74 bits per heavy atom. The molecule has 1 aliphatic rings. The van der Waals surface area contributed by atoms with Crippen LogP contribution < -0.4 is 16.0 Å². The molecule has 1 saturated heterocycles.